The Kier molecular flexibility index (Phi) is 14.0. The fraction of sp³-hybridized carbons (Fsp3) is 0.900. The Morgan fingerprint density at radius 1 is 1.43 bits per heavy atom. The summed E-state index contributed by atoms with van der Waals surface area (Å²) in [6.07, 6.45) is 2.59. The highest BCUT2D eigenvalue weighted by molar-refractivity contribution is 5.75. The molecular weight excluding hydrogens is 180 g/mol. The zero-order valence-electron chi connectivity index (χ0n) is 9.80. The molecule has 0 aromatic carbocycles. The van der Waals surface area contributed by atoms with Gasteiger partial charge < -0.3 is 4.74 Å². The van der Waals surface area contributed by atoms with E-state index in [1.807, 2.05) is 27.7 Å². The lowest BCUT2D eigenvalue weighted by Gasteiger charge is -2.11. The first-order valence-electron chi connectivity index (χ1n) is 5.39. The third-order valence-electron chi connectivity index (χ3n) is 1.64. The number of rotatable bonds is 6. The van der Waals surface area contributed by atoms with Crippen LogP contribution in [0.3, 0.4) is 0 Å². The number of carbonyl (C=O) groups excluding carboxylic acids is 1. The van der Waals surface area contributed by atoms with Crippen LogP contribution in [0, 0.1) is 0 Å². The molecule has 0 spiro atoms. The van der Waals surface area contributed by atoms with Gasteiger partial charge in [0.1, 0.15) is 6.04 Å². The highest BCUT2D eigenvalue weighted by Gasteiger charge is 2.14. The summed E-state index contributed by atoms with van der Waals surface area (Å²) in [5.41, 5.74) is 2.40. The maximum Gasteiger partial charge on any atom is 0.324 e. The predicted octanol–water partition coefficient (Wildman–Crippen LogP) is 1.60. The average Bonchev–Trinajstić information content (AvgIpc) is 2.23. The normalized spacial score (nSPS) is 11.2. The van der Waals surface area contributed by atoms with Crippen molar-refractivity contribution in [3.8, 4) is 0 Å². The van der Waals surface area contributed by atoms with Gasteiger partial charge in [0.15, 0.2) is 0 Å². The first-order chi connectivity index (χ1) is 6.76. The number of unbranched alkanes of at least 4 members (excludes halogenated alkanes) is 1. The zero-order chi connectivity index (χ0) is 11.4. The summed E-state index contributed by atoms with van der Waals surface area (Å²) in [4.78, 5) is 11.1. The second-order valence-electron chi connectivity index (χ2n) is 2.65. The van der Waals surface area contributed by atoms with Crippen LogP contribution >= 0.6 is 0 Å². The Bertz CT molecular complexity index is 125. The van der Waals surface area contributed by atoms with Crippen molar-refractivity contribution >= 4 is 5.97 Å². The van der Waals surface area contributed by atoms with Crippen molar-refractivity contribution in [2.45, 2.75) is 53.0 Å². The molecule has 0 rings (SSSR count). The van der Waals surface area contributed by atoms with Crippen LogP contribution in [-0.4, -0.2) is 18.6 Å². The number of nitrogens with one attached hydrogen (secondary N) is 1. The van der Waals surface area contributed by atoms with Crippen LogP contribution in [0.5, 0.6) is 0 Å². The van der Waals surface area contributed by atoms with Crippen LogP contribution in [0.15, 0.2) is 0 Å². The Morgan fingerprint density at radius 2 is 2.00 bits per heavy atom. The molecule has 3 N–H and O–H groups in total. The molecule has 0 aromatic rings. The van der Waals surface area contributed by atoms with E-state index in [1.54, 1.807) is 0 Å². The van der Waals surface area contributed by atoms with Crippen LogP contribution in [0.1, 0.15) is 47.0 Å². The molecule has 4 heteroatoms. The number of hydrogen-bond acceptors (Lipinski definition) is 4. The summed E-state index contributed by atoms with van der Waals surface area (Å²) in [7, 11) is 0. The summed E-state index contributed by atoms with van der Waals surface area (Å²) >= 11 is 0. The SMILES string of the molecule is CC.CCCCOC(=O)C(CC)NN. The molecule has 0 radical (unpaired) electrons. The lowest BCUT2D eigenvalue weighted by Crippen LogP contribution is -2.41. The molecule has 1 unspecified atom stereocenters. The third-order valence-corrected chi connectivity index (χ3v) is 1.64. The van der Waals surface area contributed by atoms with Crippen molar-refractivity contribution in [1.29, 1.82) is 0 Å². The van der Waals surface area contributed by atoms with E-state index in [-0.39, 0.29) is 12.0 Å². The molecule has 4 nitrogen and oxygen atoms in total. The van der Waals surface area contributed by atoms with Crippen molar-refractivity contribution in [3.63, 3.8) is 0 Å². The van der Waals surface area contributed by atoms with E-state index in [2.05, 4.69) is 5.43 Å². The fourth-order valence-electron chi connectivity index (χ4n) is 0.770. The van der Waals surface area contributed by atoms with Gasteiger partial charge in [-0.15, -0.1) is 0 Å². The van der Waals surface area contributed by atoms with Crippen molar-refractivity contribution in [3.05, 3.63) is 0 Å². The molecule has 0 aromatic heterocycles. The van der Waals surface area contributed by atoms with Crippen molar-refractivity contribution < 1.29 is 9.53 Å². The molecular formula is C10H24N2O2. The van der Waals surface area contributed by atoms with Gasteiger partial charge in [-0.1, -0.05) is 34.1 Å². The largest absolute Gasteiger partial charge is 0.464 e. The molecule has 0 aliphatic carbocycles. The first kappa shape index (κ1) is 15.8. The van der Waals surface area contributed by atoms with E-state index in [4.69, 9.17) is 10.6 Å². The van der Waals surface area contributed by atoms with Gasteiger partial charge in [-0.25, -0.2) is 5.43 Å². The minimum absolute atomic E-state index is 0.256. The summed E-state index contributed by atoms with van der Waals surface area (Å²) in [5.74, 6) is 4.88. The minimum atomic E-state index is -0.359. The lowest BCUT2D eigenvalue weighted by molar-refractivity contribution is -0.146. The highest BCUT2D eigenvalue weighted by Crippen LogP contribution is 1.95. The fourth-order valence-corrected chi connectivity index (χ4v) is 0.770. The Labute approximate surface area is 87.2 Å². The Hall–Kier alpha value is -0.610. The van der Waals surface area contributed by atoms with Crippen LogP contribution in [0.2, 0.25) is 0 Å². The quantitative estimate of drug-likeness (QED) is 0.298. The lowest BCUT2D eigenvalue weighted by atomic mass is 10.2. The average molecular weight is 204 g/mol. The molecule has 0 heterocycles. The molecule has 0 aliphatic rings. The van der Waals surface area contributed by atoms with E-state index in [9.17, 15) is 4.79 Å². The number of hydrogen-bond donors (Lipinski definition) is 2. The zero-order valence-corrected chi connectivity index (χ0v) is 9.80. The van der Waals surface area contributed by atoms with E-state index in [0.717, 1.165) is 12.8 Å². The summed E-state index contributed by atoms with van der Waals surface area (Å²) in [6.45, 7) is 8.42. The number of nitrogens with two attached hydrogens (primary N) is 1. The maximum atomic E-state index is 11.1. The molecule has 0 bridgehead atoms. The molecule has 14 heavy (non-hydrogen) atoms. The van der Waals surface area contributed by atoms with Crippen molar-refractivity contribution in [2.75, 3.05) is 6.61 Å². The second kappa shape index (κ2) is 12.4. The maximum absolute atomic E-state index is 11.1. The smallest absolute Gasteiger partial charge is 0.324 e. The van der Waals surface area contributed by atoms with Crippen LogP contribution in [-0.2, 0) is 9.53 Å². The summed E-state index contributed by atoms with van der Waals surface area (Å²) in [6, 6.07) is -0.359. The van der Waals surface area contributed by atoms with Crippen molar-refractivity contribution in [2.24, 2.45) is 5.84 Å². The van der Waals surface area contributed by atoms with E-state index in [0.29, 0.717) is 13.0 Å². The predicted molar refractivity (Wildman–Crippen MR) is 58.6 cm³/mol. The Morgan fingerprint density at radius 3 is 2.36 bits per heavy atom. The van der Waals surface area contributed by atoms with E-state index >= 15 is 0 Å². The van der Waals surface area contributed by atoms with Crippen molar-refractivity contribution in [1.82, 2.24) is 5.43 Å². The number of esters is 1. The van der Waals surface area contributed by atoms with E-state index in [1.165, 1.54) is 0 Å². The monoisotopic (exact) mass is 204 g/mol. The molecule has 1 atom stereocenters. The number of hydrazine groups is 1. The molecule has 0 saturated carbocycles. The molecule has 86 valence electrons. The highest BCUT2D eigenvalue weighted by atomic mass is 16.5. The minimum Gasteiger partial charge on any atom is -0.464 e. The van der Waals surface area contributed by atoms with Gasteiger partial charge in [0.25, 0.3) is 0 Å². The van der Waals surface area contributed by atoms with Crippen LogP contribution < -0.4 is 11.3 Å². The summed E-state index contributed by atoms with van der Waals surface area (Å²) in [5, 5.41) is 0. The van der Waals surface area contributed by atoms with Crippen LogP contribution in [0.4, 0.5) is 0 Å². The van der Waals surface area contributed by atoms with Crippen LogP contribution in [0.25, 0.3) is 0 Å². The van der Waals surface area contributed by atoms with Gasteiger partial charge in [-0.2, -0.15) is 0 Å². The van der Waals surface area contributed by atoms with Gasteiger partial charge in [-0.05, 0) is 12.8 Å². The standard InChI is InChI=1S/C8H18N2O2.C2H6/c1-3-5-6-12-8(11)7(4-2)10-9;1-2/h7,10H,3-6,9H2,1-2H3;1-2H3. The number of carbonyl (C=O) groups is 1. The second-order valence-corrected chi connectivity index (χ2v) is 2.65. The molecule has 0 fully saturated rings. The number of ether oxygens (including phenoxy) is 1. The Balaban J connectivity index is 0. The topological polar surface area (TPSA) is 64.3 Å². The first-order valence-corrected chi connectivity index (χ1v) is 5.39. The van der Waals surface area contributed by atoms with Gasteiger partial charge in [0.2, 0.25) is 0 Å². The molecule has 0 aliphatic heterocycles. The molecule has 0 saturated heterocycles. The summed E-state index contributed by atoms with van der Waals surface area (Å²) < 4.78 is 4.94. The third kappa shape index (κ3) is 8.01. The van der Waals surface area contributed by atoms with Gasteiger partial charge in [0, 0.05) is 0 Å². The van der Waals surface area contributed by atoms with Gasteiger partial charge >= 0.3 is 5.97 Å². The van der Waals surface area contributed by atoms with Gasteiger partial charge in [0.05, 0.1) is 6.61 Å². The van der Waals surface area contributed by atoms with E-state index < -0.39 is 0 Å². The molecule has 0 amide bonds. The van der Waals surface area contributed by atoms with Gasteiger partial charge in [-0.3, -0.25) is 10.6 Å².